The summed E-state index contributed by atoms with van der Waals surface area (Å²) < 4.78 is 13.9. The molecule has 2 aliphatic rings. The van der Waals surface area contributed by atoms with Gasteiger partial charge >= 0.3 is 0 Å². The highest BCUT2D eigenvalue weighted by Crippen LogP contribution is 2.34. The van der Waals surface area contributed by atoms with Gasteiger partial charge in [0.2, 0.25) is 5.95 Å². The van der Waals surface area contributed by atoms with E-state index in [0.717, 1.165) is 34.6 Å². The van der Waals surface area contributed by atoms with E-state index in [4.69, 9.17) is 9.47 Å². The first-order valence-corrected chi connectivity index (χ1v) is 8.35. The number of nitrogens with zero attached hydrogens (tertiary/aromatic N) is 4. The molecule has 23 heavy (non-hydrogen) atoms. The van der Waals surface area contributed by atoms with Gasteiger partial charge in [0.05, 0.1) is 36.0 Å². The molecule has 1 saturated heterocycles. The first-order chi connectivity index (χ1) is 11.2. The summed E-state index contributed by atoms with van der Waals surface area (Å²) in [5, 5.41) is 11.1. The van der Waals surface area contributed by atoms with E-state index in [1.54, 1.807) is 6.20 Å². The number of ether oxygens (including phenoxy) is 2. The highest BCUT2D eigenvalue weighted by atomic mass is 79.9. The smallest absolute Gasteiger partial charge is 0.257 e. The van der Waals surface area contributed by atoms with Crippen molar-refractivity contribution < 1.29 is 9.47 Å². The summed E-state index contributed by atoms with van der Waals surface area (Å²) in [6.07, 6.45) is 2.58. The van der Waals surface area contributed by atoms with Crippen LogP contribution in [0.5, 0.6) is 5.88 Å². The molecule has 0 amide bonds. The van der Waals surface area contributed by atoms with Crippen molar-refractivity contribution in [3.05, 3.63) is 16.4 Å². The Morgan fingerprint density at radius 3 is 3.04 bits per heavy atom. The molecule has 0 atom stereocenters. The molecule has 0 unspecified atom stereocenters. The van der Waals surface area contributed by atoms with Crippen LogP contribution in [0.25, 0.3) is 0 Å². The number of rotatable bonds is 1. The van der Waals surface area contributed by atoms with Crippen LogP contribution in [0.15, 0.2) is 10.7 Å². The lowest BCUT2D eigenvalue weighted by atomic mass is 10.2. The summed E-state index contributed by atoms with van der Waals surface area (Å²) in [7, 11) is 0. The van der Waals surface area contributed by atoms with Crippen molar-refractivity contribution in [2.24, 2.45) is 0 Å². The molecule has 2 bridgehead atoms. The van der Waals surface area contributed by atoms with Crippen molar-refractivity contribution in [2.45, 2.75) is 19.4 Å². The van der Waals surface area contributed by atoms with E-state index in [1.165, 1.54) is 0 Å². The van der Waals surface area contributed by atoms with E-state index in [-0.39, 0.29) is 6.04 Å². The molecule has 2 aromatic heterocycles. The highest BCUT2D eigenvalue weighted by Gasteiger charge is 2.27. The van der Waals surface area contributed by atoms with Crippen molar-refractivity contribution in [1.29, 1.82) is 0 Å². The molecule has 2 aliphatic heterocycles. The quantitative estimate of drug-likeness (QED) is 0.784. The summed E-state index contributed by atoms with van der Waals surface area (Å²) >= 11 is 3.46. The Balaban J connectivity index is 1.73. The van der Waals surface area contributed by atoms with Gasteiger partial charge in [0.25, 0.3) is 5.88 Å². The SMILES string of the molecule is Cc1c2c(nn1C1COC1)OCCCNc1nc(ncc1Br)N2. The van der Waals surface area contributed by atoms with E-state index in [0.29, 0.717) is 31.6 Å². The molecular weight excluding hydrogens is 364 g/mol. The van der Waals surface area contributed by atoms with E-state index in [2.05, 4.69) is 41.6 Å². The van der Waals surface area contributed by atoms with E-state index < -0.39 is 0 Å². The topological polar surface area (TPSA) is 86.1 Å². The predicted octanol–water partition coefficient (Wildman–Crippen LogP) is 2.25. The molecule has 1 fully saturated rings. The third-order valence-electron chi connectivity index (χ3n) is 3.92. The van der Waals surface area contributed by atoms with Crippen LogP contribution >= 0.6 is 15.9 Å². The average molecular weight is 381 g/mol. The van der Waals surface area contributed by atoms with Gasteiger partial charge in [-0.15, -0.1) is 5.10 Å². The second kappa shape index (κ2) is 5.97. The van der Waals surface area contributed by atoms with Crippen molar-refractivity contribution in [2.75, 3.05) is 37.0 Å². The number of halogens is 1. The van der Waals surface area contributed by atoms with Crippen LogP contribution in [-0.2, 0) is 4.74 Å². The van der Waals surface area contributed by atoms with Crippen molar-refractivity contribution in [1.82, 2.24) is 19.7 Å². The molecule has 122 valence electrons. The Morgan fingerprint density at radius 2 is 2.26 bits per heavy atom. The number of fused-ring (bicyclic) bond motifs is 3. The monoisotopic (exact) mass is 380 g/mol. The third-order valence-corrected chi connectivity index (χ3v) is 4.50. The Kier molecular flexibility index (Phi) is 3.82. The normalized spacial score (nSPS) is 17.8. The highest BCUT2D eigenvalue weighted by molar-refractivity contribution is 9.10. The molecule has 2 aromatic rings. The second-order valence-corrected chi connectivity index (χ2v) is 6.40. The van der Waals surface area contributed by atoms with E-state index in [9.17, 15) is 0 Å². The fourth-order valence-electron chi connectivity index (χ4n) is 2.57. The van der Waals surface area contributed by atoms with Gasteiger partial charge in [-0.25, -0.2) is 4.98 Å². The number of nitrogens with one attached hydrogen (secondary N) is 2. The minimum atomic E-state index is 0.267. The summed E-state index contributed by atoms with van der Waals surface area (Å²) in [6.45, 7) is 4.73. The minimum absolute atomic E-state index is 0.267. The Hall–Kier alpha value is -1.87. The fourth-order valence-corrected chi connectivity index (χ4v) is 2.90. The number of hydrogen-bond acceptors (Lipinski definition) is 7. The van der Waals surface area contributed by atoms with Crippen molar-refractivity contribution >= 4 is 33.4 Å². The summed E-state index contributed by atoms with van der Waals surface area (Å²) in [5.74, 6) is 1.86. The first kappa shape index (κ1) is 14.7. The number of aromatic nitrogens is 4. The fraction of sp³-hybridized carbons (Fsp3) is 0.500. The molecule has 0 radical (unpaired) electrons. The van der Waals surface area contributed by atoms with E-state index >= 15 is 0 Å². The zero-order chi connectivity index (χ0) is 15.8. The largest absolute Gasteiger partial charge is 0.475 e. The van der Waals surface area contributed by atoms with Gasteiger partial charge < -0.3 is 20.1 Å². The maximum atomic E-state index is 5.87. The molecule has 4 rings (SSSR count). The zero-order valence-corrected chi connectivity index (χ0v) is 14.3. The van der Waals surface area contributed by atoms with Crippen LogP contribution in [0.4, 0.5) is 17.5 Å². The van der Waals surface area contributed by atoms with Crippen LogP contribution in [0.1, 0.15) is 18.2 Å². The molecule has 0 saturated carbocycles. The lowest BCUT2D eigenvalue weighted by Gasteiger charge is -2.27. The van der Waals surface area contributed by atoms with Crippen molar-refractivity contribution in [3.8, 4) is 5.88 Å². The van der Waals surface area contributed by atoms with Crippen LogP contribution in [0, 0.1) is 6.92 Å². The maximum Gasteiger partial charge on any atom is 0.257 e. The number of anilines is 3. The van der Waals surface area contributed by atoms with Crippen LogP contribution in [0.2, 0.25) is 0 Å². The molecule has 4 heterocycles. The summed E-state index contributed by atoms with van der Waals surface area (Å²) in [5.41, 5.74) is 1.81. The summed E-state index contributed by atoms with van der Waals surface area (Å²) in [6, 6.07) is 0.267. The van der Waals surface area contributed by atoms with Gasteiger partial charge in [-0.1, -0.05) is 0 Å². The van der Waals surface area contributed by atoms with Gasteiger partial charge in [0.15, 0.2) is 0 Å². The zero-order valence-electron chi connectivity index (χ0n) is 12.7. The van der Waals surface area contributed by atoms with Gasteiger partial charge in [-0.2, -0.15) is 4.98 Å². The molecule has 2 N–H and O–H groups in total. The van der Waals surface area contributed by atoms with Gasteiger partial charge in [0, 0.05) is 12.7 Å². The lowest BCUT2D eigenvalue weighted by Crippen LogP contribution is -2.32. The standard InChI is InChI=1S/C14H17BrN6O2/c1-8-11-13(20-21(8)9-6-22-7-9)23-4-2-3-16-12-10(15)5-17-14(18-11)19-12/h5,9H,2-4,6-7H2,1H3,(H2,16,17,18,19). The number of hydrogen-bond donors (Lipinski definition) is 2. The van der Waals surface area contributed by atoms with Crippen LogP contribution in [0.3, 0.4) is 0 Å². The maximum absolute atomic E-state index is 5.87. The Bertz CT molecular complexity index is 730. The molecule has 9 heteroatoms. The lowest BCUT2D eigenvalue weighted by molar-refractivity contribution is -0.0298. The molecule has 0 aliphatic carbocycles. The Morgan fingerprint density at radius 1 is 1.39 bits per heavy atom. The average Bonchev–Trinajstić information content (AvgIpc) is 2.76. The summed E-state index contributed by atoms with van der Waals surface area (Å²) in [4.78, 5) is 8.82. The second-order valence-electron chi connectivity index (χ2n) is 5.55. The molecule has 8 nitrogen and oxygen atoms in total. The van der Waals surface area contributed by atoms with Gasteiger partial charge in [-0.05, 0) is 29.3 Å². The Labute approximate surface area is 141 Å². The minimum Gasteiger partial charge on any atom is -0.475 e. The van der Waals surface area contributed by atoms with Crippen LogP contribution < -0.4 is 15.4 Å². The third kappa shape index (κ3) is 2.74. The van der Waals surface area contributed by atoms with Crippen molar-refractivity contribution in [3.63, 3.8) is 0 Å². The molecular formula is C14H17BrN6O2. The van der Waals surface area contributed by atoms with E-state index in [1.807, 2.05) is 11.6 Å². The predicted molar refractivity (Wildman–Crippen MR) is 88.4 cm³/mol. The molecule has 0 spiro atoms. The molecule has 0 aromatic carbocycles. The first-order valence-electron chi connectivity index (χ1n) is 7.55. The van der Waals surface area contributed by atoms with Gasteiger partial charge in [0.1, 0.15) is 11.5 Å². The van der Waals surface area contributed by atoms with Crippen LogP contribution in [-0.4, -0.2) is 46.1 Å². The van der Waals surface area contributed by atoms with Gasteiger partial charge in [-0.3, -0.25) is 4.68 Å².